The molecule has 0 saturated carbocycles. The normalized spacial score (nSPS) is 16.8. The first-order valence-electron chi connectivity index (χ1n) is 8.18. The fraction of sp³-hybridized carbons (Fsp3) is 0.529. The van der Waals surface area contributed by atoms with Gasteiger partial charge in [0.25, 0.3) is 0 Å². The van der Waals surface area contributed by atoms with Crippen LogP contribution in [0.2, 0.25) is 0 Å². The number of ether oxygens (including phenoxy) is 1. The number of amides is 3. The Balaban J connectivity index is 1.49. The number of nitrogens with one attached hydrogen (secondary N) is 3. The van der Waals surface area contributed by atoms with Gasteiger partial charge in [-0.25, -0.2) is 4.79 Å². The summed E-state index contributed by atoms with van der Waals surface area (Å²) >= 11 is 0. The van der Waals surface area contributed by atoms with Gasteiger partial charge < -0.3 is 20.7 Å². The van der Waals surface area contributed by atoms with E-state index in [1.807, 2.05) is 30.3 Å². The smallest absolute Gasteiger partial charge is 0.315 e. The molecule has 1 aromatic carbocycles. The molecule has 6 nitrogen and oxygen atoms in total. The number of hydrogen-bond acceptors (Lipinski definition) is 3. The van der Waals surface area contributed by atoms with E-state index in [1.54, 1.807) is 0 Å². The molecular weight excluding hydrogens is 294 g/mol. The molecule has 1 fully saturated rings. The van der Waals surface area contributed by atoms with Crippen molar-refractivity contribution in [3.8, 4) is 0 Å². The Morgan fingerprint density at radius 3 is 2.65 bits per heavy atom. The number of benzene rings is 1. The second-order valence-corrected chi connectivity index (χ2v) is 5.62. The lowest BCUT2D eigenvalue weighted by atomic mass is 10.1. The average molecular weight is 319 g/mol. The molecule has 23 heavy (non-hydrogen) atoms. The van der Waals surface area contributed by atoms with Crippen LogP contribution in [0, 0.1) is 0 Å². The maximum Gasteiger partial charge on any atom is 0.315 e. The summed E-state index contributed by atoms with van der Waals surface area (Å²) in [5, 5.41) is 8.08. The third-order valence-corrected chi connectivity index (χ3v) is 3.76. The Morgan fingerprint density at radius 1 is 1.09 bits per heavy atom. The maximum atomic E-state index is 11.6. The quantitative estimate of drug-likeness (QED) is 0.674. The molecule has 0 bridgehead atoms. The molecule has 0 aromatic heterocycles. The molecular formula is C17H25N3O3. The second kappa shape index (κ2) is 9.84. The first-order chi connectivity index (χ1) is 11.2. The first kappa shape index (κ1) is 17.3. The van der Waals surface area contributed by atoms with Crippen LogP contribution in [0.4, 0.5) is 4.79 Å². The fourth-order valence-electron chi connectivity index (χ4n) is 2.50. The lowest BCUT2D eigenvalue weighted by Crippen LogP contribution is -2.43. The van der Waals surface area contributed by atoms with Crippen molar-refractivity contribution in [1.29, 1.82) is 0 Å². The van der Waals surface area contributed by atoms with Crippen molar-refractivity contribution in [2.24, 2.45) is 0 Å². The van der Waals surface area contributed by atoms with E-state index in [1.165, 1.54) is 5.56 Å². The second-order valence-electron chi connectivity index (χ2n) is 5.62. The fourth-order valence-corrected chi connectivity index (χ4v) is 2.50. The molecule has 3 amide bonds. The summed E-state index contributed by atoms with van der Waals surface area (Å²) in [4.78, 5) is 23.2. The van der Waals surface area contributed by atoms with Gasteiger partial charge in [-0.2, -0.15) is 0 Å². The summed E-state index contributed by atoms with van der Waals surface area (Å²) in [5.74, 6) is -0.185. The van der Waals surface area contributed by atoms with E-state index >= 15 is 0 Å². The summed E-state index contributed by atoms with van der Waals surface area (Å²) < 4.78 is 5.48. The minimum absolute atomic E-state index is 0.0133. The third kappa shape index (κ3) is 7.15. The van der Waals surface area contributed by atoms with Crippen molar-refractivity contribution >= 4 is 11.9 Å². The van der Waals surface area contributed by atoms with Crippen LogP contribution in [0.5, 0.6) is 0 Å². The molecule has 0 unspecified atom stereocenters. The molecule has 1 atom stereocenters. The van der Waals surface area contributed by atoms with Crippen molar-refractivity contribution in [3.05, 3.63) is 35.9 Å². The number of carbonyl (C=O) groups excluding carboxylic acids is 2. The minimum atomic E-state index is -0.318. The highest BCUT2D eigenvalue weighted by molar-refractivity contribution is 5.83. The van der Waals surface area contributed by atoms with Gasteiger partial charge in [0.05, 0.1) is 12.6 Å². The van der Waals surface area contributed by atoms with Gasteiger partial charge >= 0.3 is 6.03 Å². The summed E-state index contributed by atoms with van der Waals surface area (Å²) in [5.41, 5.74) is 1.17. The molecule has 1 saturated heterocycles. The van der Waals surface area contributed by atoms with Gasteiger partial charge in [0, 0.05) is 19.7 Å². The highest BCUT2D eigenvalue weighted by atomic mass is 16.5. The maximum absolute atomic E-state index is 11.6. The first-order valence-corrected chi connectivity index (χ1v) is 8.18. The molecule has 1 aromatic rings. The minimum Gasteiger partial charge on any atom is -0.378 e. The van der Waals surface area contributed by atoms with E-state index in [2.05, 4.69) is 16.0 Å². The van der Waals surface area contributed by atoms with Crippen LogP contribution in [0.15, 0.2) is 30.3 Å². The standard InChI is InChI=1S/C17H25N3O3/c21-16(18-10-8-14-5-2-1-3-6-14)13-20-17(22)19-11-9-15-7-4-12-23-15/h1-3,5-6,15H,4,7-13H2,(H,18,21)(H2,19,20,22)/t15-/m1/s1. The molecule has 2 rings (SSSR count). The number of hydrogen-bond donors (Lipinski definition) is 3. The predicted molar refractivity (Wildman–Crippen MR) is 88.1 cm³/mol. The lowest BCUT2D eigenvalue weighted by Gasteiger charge is -2.11. The van der Waals surface area contributed by atoms with Gasteiger partial charge in [0.2, 0.25) is 5.91 Å². The molecule has 126 valence electrons. The van der Waals surface area contributed by atoms with Crippen molar-refractivity contribution in [2.75, 3.05) is 26.2 Å². The highest BCUT2D eigenvalue weighted by Gasteiger charge is 2.15. The summed E-state index contributed by atoms with van der Waals surface area (Å²) in [6, 6.07) is 9.63. The van der Waals surface area contributed by atoms with Gasteiger partial charge in [0.15, 0.2) is 0 Å². The van der Waals surface area contributed by atoms with Crippen LogP contribution >= 0.6 is 0 Å². The van der Waals surface area contributed by atoms with E-state index in [9.17, 15) is 9.59 Å². The average Bonchev–Trinajstić information content (AvgIpc) is 3.07. The predicted octanol–water partition coefficient (Wildman–Crippen LogP) is 1.21. The largest absolute Gasteiger partial charge is 0.378 e. The molecule has 1 aliphatic heterocycles. The Kier molecular flexibility index (Phi) is 7.39. The van der Waals surface area contributed by atoms with E-state index < -0.39 is 0 Å². The van der Waals surface area contributed by atoms with Crippen molar-refractivity contribution in [2.45, 2.75) is 31.8 Å². The Morgan fingerprint density at radius 2 is 1.91 bits per heavy atom. The molecule has 0 radical (unpaired) electrons. The highest BCUT2D eigenvalue weighted by Crippen LogP contribution is 2.14. The van der Waals surface area contributed by atoms with Crippen LogP contribution in [-0.2, 0) is 16.0 Å². The zero-order valence-corrected chi connectivity index (χ0v) is 13.3. The van der Waals surface area contributed by atoms with E-state index in [-0.39, 0.29) is 24.6 Å². The van der Waals surface area contributed by atoms with E-state index in [4.69, 9.17) is 4.74 Å². The number of rotatable bonds is 8. The van der Waals surface area contributed by atoms with Gasteiger partial charge in [-0.1, -0.05) is 30.3 Å². The zero-order valence-electron chi connectivity index (χ0n) is 13.3. The van der Waals surface area contributed by atoms with Crippen LogP contribution < -0.4 is 16.0 Å². The SMILES string of the molecule is O=C(CNC(=O)NCC[C@H]1CCCO1)NCCc1ccccc1. The van der Waals surface area contributed by atoms with Crippen molar-refractivity contribution < 1.29 is 14.3 Å². The number of carbonyl (C=O) groups is 2. The molecule has 6 heteroatoms. The topological polar surface area (TPSA) is 79.5 Å². The van der Waals surface area contributed by atoms with Crippen LogP contribution in [0.3, 0.4) is 0 Å². The van der Waals surface area contributed by atoms with Crippen molar-refractivity contribution in [3.63, 3.8) is 0 Å². The van der Waals surface area contributed by atoms with Crippen LogP contribution in [0.1, 0.15) is 24.8 Å². The Hall–Kier alpha value is -2.08. The third-order valence-electron chi connectivity index (χ3n) is 3.76. The van der Waals surface area contributed by atoms with Crippen molar-refractivity contribution in [1.82, 2.24) is 16.0 Å². The van der Waals surface area contributed by atoms with E-state index in [0.717, 1.165) is 32.3 Å². The van der Waals surface area contributed by atoms with Gasteiger partial charge in [-0.05, 0) is 31.2 Å². The van der Waals surface area contributed by atoms with Gasteiger partial charge in [0.1, 0.15) is 0 Å². The van der Waals surface area contributed by atoms with E-state index in [0.29, 0.717) is 13.1 Å². The molecule has 0 aliphatic carbocycles. The zero-order chi connectivity index (χ0) is 16.3. The summed E-state index contributed by atoms with van der Waals surface area (Å²) in [6.07, 6.45) is 4.01. The lowest BCUT2D eigenvalue weighted by molar-refractivity contribution is -0.120. The van der Waals surface area contributed by atoms with Crippen LogP contribution in [-0.4, -0.2) is 44.3 Å². The molecule has 1 heterocycles. The Labute approximate surface area is 137 Å². The summed E-state index contributed by atoms with van der Waals surface area (Å²) in [7, 11) is 0. The van der Waals surface area contributed by atoms with Gasteiger partial charge in [-0.15, -0.1) is 0 Å². The molecule has 0 spiro atoms. The summed E-state index contributed by atoms with van der Waals surface area (Å²) in [6.45, 7) is 1.93. The molecule has 1 aliphatic rings. The molecule has 3 N–H and O–H groups in total. The van der Waals surface area contributed by atoms with Gasteiger partial charge in [-0.3, -0.25) is 4.79 Å². The van der Waals surface area contributed by atoms with Crippen LogP contribution in [0.25, 0.3) is 0 Å². The monoisotopic (exact) mass is 319 g/mol. The number of urea groups is 1. The Bertz CT molecular complexity index is 487.